The van der Waals surface area contributed by atoms with Crippen LogP contribution in [-0.4, -0.2) is 24.4 Å². The van der Waals surface area contributed by atoms with Gasteiger partial charge >= 0.3 is 0 Å². The molecule has 0 aliphatic rings. The quantitative estimate of drug-likeness (QED) is 0.798. The number of anilines is 1. The lowest BCUT2D eigenvalue weighted by molar-refractivity contribution is 0.410. The summed E-state index contributed by atoms with van der Waals surface area (Å²) in [5.74, 6) is -1.69. The van der Waals surface area contributed by atoms with Gasteiger partial charge in [0.2, 0.25) is 21.5 Å². The Morgan fingerprint density at radius 2 is 1.79 bits per heavy atom. The first-order chi connectivity index (χ1) is 8.94. The first-order valence-corrected chi connectivity index (χ1v) is 7.20. The van der Waals surface area contributed by atoms with E-state index in [0.29, 0.717) is 5.56 Å². The van der Waals surface area contributed by atoms with Crippen LogP contribution in [0.15, 0.2) is 34.7 Å². The summed E-state index contributed by atoms with van der Waals surface area (Å²) < 4.78 is 30.1. The summed E-state index contributed by atoms with van der Waals surface area (Å²) in [6.07, 6.45) is 0. The van der Waals surface area contributed by atoms with Crippen LogP contribution in [-0.2, 0) is 10.0 Å². The minimum atomic E-state index is -3.60. The van der Waals surface area contributed by atoms with E-state index in [2.05, 4.69) is 4.72 Å². The molecule has 1 heterocycles. The third-order valence-corrected chi connectivity index (χ3v) is 3.78. The monoisotopic (exact) mass is 283 g/mol. The van der Waals surface area contributed by atoms with Crippen LogP contribution in [0.4, 0.5) is 5.88 Å². The topological polar surface area (TPSA) is 99.8 Å². The molecule has 19 heavy (non-hydrogen) atoms. The van der Waals surface area contributed by atoms with Gasteiger partial charge < -0.3 is 14.6 Å². The zero-order valence-electron chi connectivity index (χ0n) is 10.1. The molecule has 2 rings (SSSR count). The highest BCUT2D eigenvalue weighted by molar-refractivity contribution is 7.92. The predicted octanol–water partition coefficient (Wildman–Crippen LogP) is 2.12. The molecule has 102 valence electrons. The summed E-state index contributed by atoms with van der Waals surface area (Å²) in [6.45, 7) is 1.44. The van der Waals surface area contributed by atoms with Gasteiger partial charge in [0.25, 0.3) is 5.88 Å². The number of nitrogens with one attached hydrogen (secondary N) is 1. The van der Waals surface area contributed by atoms with E-state index in [1.54, 1.807) is 30.3 Å². The molecule has 2 aromatic rings. The third kappa shape index (κ3) is 2.65. The van der Waals surface area contributed by atoms with Crippen molar-refractivity contribution in [2.75, 3.05) is 10.5 Å². The molecule has 0 saturated carbocycles. The van der Waals surface area contributed by atoms with Crippen LogP contribution < -0.4 is 4.72 Å². The first kappa shape index (κ1) is 13.3. The van der Waals surface area contributed by atoms with E-state index in [1.165, 1.54) is 6.92 Å². The Morgan fingerprint density at radius 3 is 2.37 bits per heavy atom. The molecule has 0 bridgehead atoms. The van der Waals surface area contributed by atoms with E-state index in [9.17, 15) is 18.6 Å². The van der Waals surface area contributed by atoms with E-state index >= 15 is 0 Å². The van der Waals surface area contributed by atoms with E-state index in [-0.39, 0.29) is 11.5 Å². The molecule has 6 nitrogen and oxygen atoms in total. The standard InChI is InChI=1S/C12H13NO5S/c1-2-19(16,17)13-12-10(15)9(14)11(18-12)8-6-4-3-5-7-8/h3-7,13-15H,2H2,1H3. The average Bonchev–Trinajstić information content (AvgIpc) is 2.68. The Kier molecular flexibility index (Phi) is 3.39. The molecule has 0 aliphatic heterocycles. The van der Waals surface area contributed by atoms with E-state index in [0.717, 1.165) is 0 Å². The van der Waals surface area contributed by atoms with Crippen LogP contribution in [0.3, 0.4) is 0 Å². The van der Waals surface area contributed by atoms with Crippen molar-refractivity contribution >= 4 is 15.9 Å². The summed E-state index contributed by atoms with van der Waals surface area (Å²) in [5.41, 5.74) is 0.525. The molecular formula is C12H13NO5S. The number of sulfonamides is 1. The highest BCUT2D eigenvalue weighted by Gasteiger charge is 2.23. The minimum absolute atomic E-state index is 0.00639. The van der Waals surface area contributed by atoms with Gasteiger partial charge in [0.1, 0.15) is 0 Å². The maximum atomic E-state index is 11.4. The van der Waals surface area contributed by atoms with Crippen LogP contribution in [0, 0.1) is 0 Å². The zero-order valence-corrected chi connectivity index (χ0v) is 10.9. The van der Waals surface area contributed by atoms with Crippen molar-refractivity contribution in [3.05, 3.63) is 30.3 Å². The van der Waals surface area contributed by atoms with Crippen molar-refractivity contribution in [1.82, 2.24) is 0 Å². The molecular weight excluding hydrogens is 270 g/mol. The van der Waals surface area contributed by atoms with Crippen molar-refractivity contribution in [2.45, 2.75) is 6.92 Å². The van der Waals surface area contributed by atoms with Crippen molar-refractivity contribution in [3.8, 4) is 22.8 Å². The summed E-state index contributed by atoms with van der Waals surface area (Å²) >= 11 is 0. The van der Waals surface area contributed by atoms with E-state index in [1.807, 2.05) is 0 Å². The number of hydrogen-bond donors (Lipinski definition) is 3. The molecule has 0 unspecified atom stereocenters. The molecule has 0 fully saturated rings. The summed E-state index contributed by atoms with van der Waals surface area (Å²) in [7, 11) is -3.60. The zero-order chi connectivity index (χ0) is 14.0. The highest BCUT2D eigenvalue weighted by atomic mass is 32.2. The Hall–Kier alpha value is -2.15. The van der Waals surface area contributed by atoms with E-state index < -0.39 is 27.4 Å². The predicted molar refractivity (Wildman–Crippen MR) is 70.6 cm³/mol. The van der Waals surface area contributed by atoms with Crippen LogP contribution >= 0.6 is 0 Å². The second kappa shape index (κ2) is 4.85. The molecule has 0 atom stereocenters. The van der Waals surface area contributed by atoms with Crippen LogP contribution in [0.25, 0.3) is 11.3 Å². The maximum absolute atomic E-state index is 11.4. The molecule has 1 aromatic carbocycles. The summed E-state index contributed by atoms with van der Waals surface area (Å²) in [5, 5.41) is 19.4. The molecule has 7 heteroatoms. The SMILES string of the molecule is CCS(=O)(=O)Nc1oc(-c2ccccc2)c(O)c1O. The maximum Gasteiger partial charge on any atom is 0.253 e. The first-order valence-electron chi connectivity index (χ1n) is 5.55. The normalized spacial score (nSPS) is 11.4. The van der Waals surface area contributed by atoms with Gasteiger partial charge in [0.15, 0.2) is 5.76 Å². The summed E-state index contributed by atoms with van der Waals surface area (Å²) in [4.78, 5) is 0. The van der Waals surface area contributed by atoms with Gasteiger partial charge in [0, 0.05) is 5.56 Å². The van der Waals surface area contributed by atoms with Crippen LogP contribution in [0.2, 0.25) is 0 Å². The van der Waals surface area contributed by atoms with Crippen molar-refractivity contribution in [3.63, 3.8) is 0 Å². The van der Waals surface area contributed by atoms with Crippen molar-refractivity contribution in [1.29, 1.82) is 0 Å². The Labute approximate surface area is 110 Å². The van der Waals surface area contributed by atoms with Gasteiger partial charge in [-0.3, -0.25) is 0 Å². The van der Waals surface area contributed by atoms with E-state index in [4.69, 9.17) is 4.42 Å². The lowest BCUT2D eigenvalue weighted by atomic mass is 10.1. The second-order valence-corrected chi connectivity index (χ2v) is 5.84. The average molecular weight is 283 g/mol. The van der Waals surface area contributed by atoms with Gasteiger partial charge in [0.05, 0.1) is 5.75 Å². The number of rotatable bonds is 4. The van der Waals surface area contributed by atoms with Gasteiger partial charge in [-0.15, -0.1) is 0 Å². The fourth-order valence-electron chi connectivity index (χ4n) is 1.48. The van der Waals surface area contributed by atoms with Gasteiger partial charge in [-0.05, 0) is 6.92 Å². The molecule has 0 amide bonds. The summed E-state index contributed by atoms with van der Waals surface area (Å²) in [6, 6.07) is 8.56. The van der Waals surface area contributed by atoms with Crippen LogP contribution in [0.1, 0.15) is 6.92 Å². The number of aromatic hydroxyl groups is 2. The molecule has 3 N–H and O–H groups in total. The lowest BCUT2D eigenvalue weighted by Gasteiger charge is -2.01. The van der Waals surface area contributed by atoms with Gasteiger partial charge in [-0.1, -0.05) is 30.3 Å². The fourth-order valence-corrected chi connectivity index (χ4v) is 2.05. The smallest absolute Gasteiger partial charge is 0.253 e. The van der Waals surface area contributed by atoms with Crippen molar-refractivity contribution in [2.24, 2.45) is 0 Å². The number of hydrogen-bond acceptors (Lipinski definition) is 5. The molecule has 0 radical (unpaired) electrons. The Balaban J connectivity index is 2.45. The fraction of sp³-hybridized carbons (Fsp3) is 0.167. The molecule has 0 aliphatic carbocycles. The highest BCUT2D eigenvalue weighted by Crippen LogP contribution is 2.45. The second-order valence-electron chi connectivity index (χ2n) is 3.83. The molecule has 0 saturated heterocycles. The molecule has 0 spiro atoms. The molecule has 1 aromatic heterocycles. The van der Waals surface area contributed by atoms with Crippen molar-refractivity contribution < 1.29 is 23.0 Å². The minimum Gasteiger partial charge on any atom is -0.502 e. The van der Waals surface area contributed by atoms with Gasteiger partial charge in [-0.2, -0.15) is 0 Å². The Bertz CT molecular complexity index is 676. The third-order valence-electron chi connectivity index (χ3n) is 2.52. The number of benzene rings is 1. The van der Waals surface area contributed by atoms with Crippen LogP contribution in [0.5, 0.6) is 11.5 Å². The van der Waals surface area contributed by atoms with Gasteiger partial charge in [-0.25, -0.2) is 13.1 Å². The largest absolute Gasteiger partial charge is 0.502 e. The lowest BCUT2D eigenvalue weighted by Crippen LogP contribution is -2.14. The number of furan rings is 1. The Morgan fingerprint density at radius 1 is 1.16 bits per heavy atom.